The summed E-state index contributed by atoms with van der Waals surface area (Å²) >= 11 is 1.79. The van der Waals surface area contributed by atoms with Crippen molar-refractivity contribution in [2.75, 3.05) is 0 Å². The predicted molar refractivity (Wildman–Crippen MR) is 73.9 cm³/mol. The summed E-state index contributed by atoms with van der Waals surface area (Å²) in [6, 6.07) is 5.17. The molecule has 100 valence electrons. The lowest BCUT2D eigenvalue weighted by Crippen LogP contribution is -2.36. The first kappa shape index (κ1) is 13.6. The van der Waals surface area contributed by atoms with Crippen molar-refractivity contribution in [1.82, 2.24) is 5.32 Å². The van der Waals surface area contributed by atoms with E-state index in [1.54, 1.807) is 11.3 Å². The Labute approximate surface area is 112 Å². The molecule has 1 aliphatic rings. The number of nitrogens with one attached hydrogen (secondary N) is 1. The number of thiophene rings is 1. The standard InChI is InChI=1S/C14H21NO2S/c1-2-12(13-4-3-9-18-13)15-11-7-5-10(6-8-11)14(16)17/h3-4,9-12,15H,2,5-8H2,1H3,(H,16,17). The zero-order chi connectivity index (χ0) is 13.0. The largest absolute Gasteiger partial charge is 0.481 e. The van der Waals surface area contributed by atoms with Crippen LogP contribution >= 0.6 is 11.3 Å². The fourth-order valence-electron chi connectivity index (χ4n) is 2.68. The molecule has 0 aliphatic heterocycles. The van der Waals surface area contributed by atoms with E-state index >= 15 is 0 Å². The lowest BCUT2D eigenvalue weighted by Gasteiger charge is -2.30. The van der Waals surface area contributed by atoms with E-state index in [1.807, 2.05) is 0 Å². The smallest absolute Gasteiger partial charge is 0.306 e. The molecule has 3 nitrogen and oxygen atoms in total. The van der Waals surface area contributed by atoms with Crippen molar-refractivity contribution in [2.24, 2.45) is 5.92 Å². The van der Waals surface area contributed by atoms with Gasteiger partial charge in [-0.05, 0) is 43.6 Å². The second-order valence-corrected chi connectivity index (χ2v) is 6.01. The fourth-order valence-corrected chi connectivity index (χ4v) is 3.55. The maximum absolute atomic E-state index is 10.9. The van der Waals surface area contributed by atoms with E-state index in [2.05, 4.69) is 29.8 Å². The molecular weight excluding hydrogens is 246 g/mol. The summed E-state index contributed by atoms with van der Waals surface area (Å²) < 4.78 is 0. The summed E-state index contributed by atoms with van der Waals surface area (Å²) in [5.74, 6) is -0.747. The van der Waals surface area contributed by atoms with Crippen molar-refractivity contribution in [1.29, 1.82) is 0 Å². The number of carboxylic acid groups (broad SMARTS) is 1. The van der Waals surface area contributed by atoms with Crippen molar-refractivity contribution < 1.29 is 9.90 Å². The molecule has 0 saturated heterocycles. The minimum atomic E-state index is -0.626. The first-order chi connectivity index (χ1) is 8.70. The van der Waals surface area contributed by atoms with Crippen LogP contribution in [0.2, 0.25) is 0 Å². The van der Waals surface area contributed by atoms with Gasteiger partial charge < -0.3 is 10.4 Å². The Morgan fingerprint density at radius 2 is 2.22 bits per heavy atom. The molecule has 0 aromatic carbocycles. The number of hydrogen-bond acceptors (Lipinski definition) is 3. The lowest BCUT2D eigenvalue weighted by molar-refractivity contribution is -0.142. The molecule has 0 spiro atoms. The van der Waals surface area contributed by atoms with Gasteiger partial charge in [0, 0.05) is 17.0 Å². The van der Waals surface area contributed by atoms with Crippen LogP contribution in [0.15, 0.2) is 17.5 Å². The Hall–Kier alpha value is -0.870. The minimum absolute atomic E-state index is 0.120. The van der Waals surface area contributed by atoms with Crippen LogP contribution in [0.25, 0.3) is 0 Å². The van der Waals surface area contributed by atoms with Gasteiger partial charge in [-0.25, -0.2) is 0 Å². The molecule has 2 rings (SSSR count). The average Bonchev–Trinajstić information content (AvgIpc) is 2.90. The number of carboxylic acids is 1. The summed E-state index contributed by atoms with van der Waals surface area (Å²) in [5, 5.41) is 14.8. The SMILES string of the molecule is CCC(NC1CCC(C(=O)O)CC1)c1cccs1. The normalized spacial score (nSPS) is 25.8. The zero-order valence-electron chi connectivity index (χ0n) is 10.8. The molecule has 0 bridgehead atoms. The molecule has 1 aliphatic carbocycles. The van der Waals surface area contributed by atoms with E-state index in [1.165, 1.54) is 4.88 Å². The minimum Gasteiger partial charge on any atom is -0.481 e. The fraction of sp³-hybridized carbons (Fsp3) is 0.643. The number of carbonyl (C=O) groups is 1. The van der Waals surface area contributed by atoms with E-state index < -0.39 is 5.97 Å². The Kier molecular flexibility index (Phi) is 4.78. The van der Waals surface area contributed by atoms with Crippen molar-refractivity contribution in [3.63, 3.8) is 0 Å². The molecule has 1 aromatic heterocycles. The van der Waals surface area contributed by atoms with E-state index in [-0.39, 0.29) is 5.92 Å². The van der Waals surface area contributed by atoms with Crippen LogP contribution in [0.1, 0.15) is 49.9 Å². The van der Waals surface area contributed by atoms with Crippen LogP contribution in [-0.4, -0.2) is 17.1 Å². The van der Waals surface area contributed by atoms with Gasteiger partial charge in [0.1, 0.15) is 0 Å². The van der Waals surface area contributed by atoms with Crippen molar-refractivity contribution >= 4 is 17.3 Å². The maximum Gasteiger partial charge on any atom is 0.306 e. The van der Waals surface area contributed by atoms with E-state index in [0.717, 1.165) is 32.1 Å². The second-order valence-electron chi connectivity index (χ2n) is 5.03. The van der Waals surface area contributed by atoms with Crippen LogP contribution < -0.4 is 5.32 Å². The van der Waals surface area contributed by atoms with Crippen LogP contribution in [0.3, 0.4) is 0 Å². The third kappa shape index (κ3) is 3.33. The molecule has 1 saturated carbocycles. The van der Waals surface area contributed by atoms with E-state index in [4.69, 9.17) is 5.11 Å². The Bertz CT molecular complexity index is 369. The predicted octanol–water partition coefficient (Wildman–Crippen LogP) is 3.43. The van der Waals surface area contributed by atoms with Gasteiger partial charge in [-0.2, -0.15) is 0 Å². The molecule has 1 unspecified atom stereocenters. The average molecular weight is 267 g/mol. The lowest BCUT2D eigenvalue weighted by atomic mass is 9.85. The highest BCUT2D eigenvalue weighted by molar-refractivity contribution is 7.10. The van der Waals surface area contributed by atoms with E-state index in [9.17, 15) is 4.79 Å². The highest BCUT2D eigenvalue weighted by Crippen LogP contribution is 2.28. The van der Waals surface area contributed by atoms with Crippen LogP contribution in [0, 0.1) is 5.92 Å². The van der Waals surface area contributed by atoms with Gasteiger partial charge in [-0.15, -0.1) is 11.3 Å². The molecule has 1 heterocycles. The highest BCUT2D eigenvalue weighted by atomic mass is 32.1. The summed E-state index contributed by atoms with van der Waals surface area (Å²) in [6.45, 7) is 2.19. The Balaban J connectivity index is 1.85. The van der Waals surface area contributed by atoms with Crippen LogP contribution in [-0.2, 0) is 4.79 Å². The third-order valence-electron chi connectivity index (χ3n) is 3.81. The maximum atomic E-state index is 10.9. The number of hydrogen-bond donors (Lipinski definition) is 2. The quantitative estimate of drug-likeness (QED) is 0.859. The highest BCUT2D eigenvalue weighted by Gasteiger charge is 2.27. The number of rotatable bonds is 5. The van der Waals surface area contributed by atoms with Crippen molar-refractivity contribution in [3.05, 3.63) is 22.4 Å². The molecule has 1 fully saturated rings. The Morgan fingerprint density at radius 1 is 1.50 bits per heavy atom. The molecule has 1 aromatic rings. The first-order valence-electron chi connectivity index (χ1n) is 6.73. The zero-order valence-corrected chi connectivity index (χ0v) is 11.6. The third-order valence-corrected chi connectivity index (χ3v) is 4.79. The summed E-state index contributed by atoms with van der Waals surface area (Å²) in [4.78, 5) is 12.3. The molecule has 4 heteroatoms. The molecule has 0 amide bonds. The summed E-state index contributed by atoms with van der Waals surface area (Å²) in [7, 11) is 0. The van der Waals surface area contributed by atoms with Gasteiger partial charge in [-0.1, -0.05) is 13.0 Å². The number of aliphatic carboxylic acids is 1. The Morgan fingerprint density at radius 3 is 2.72 bits per heavy atom. The summed E-state index contributed by atoms with van der Waals surface area (Å²) in [5.41, 5.74) is 0. The molecule has 0 radical (unpaired) electrons. The van der Waals surface area contributed by atoms with Gasteiger partial charge in [-0.3, -0.25) is 4.79 Å². The molecule has 1 atom stereocenters. The first-order valence-corrected chi connectivity index (χ1v) is 7.61. The summed E-state index contributed by atoms with van der Waals surface area (Å²) in [6.07, 6.45) is 4.68. The topological polar surface area (TPSA) is 49.3 Å². The van der Waals surface area contributed by atoms with E-state index in [0.29, 0.717) is 12.1 Å². The second kappa shape index (κ2) is 6.34. The molecular formula is C14H21NO2S. The molecule has 18 heavy (non-hydrogen) atoms. The van der Waals surface area contributed by atoms with Crippen molar-refractivity contribution in [3.8, 4) is 0 Å². The van der Waals surface area contributed by atoms with Gasteiger partial charge >= 0.3 is 5.97 Å². The van der Waals surface area contributed by atoms with Gasteiger partial charge in [0.05, 0.1) is 5.92 Å². The van der Waals surface area contributed by atoms with Crippen molar-refractivity contribution in [2.45, 2.75) is 51.1 Å². The van der Waals surface area contributed by atoms with Gasteiger partial charge in [0.15, 0.2) is 0 Å². The monoisotopic (exact) mass is 267 g/mol. The van der Waals surface area contributed by atoms with Gasteiger partial charge in [0.25, 0.3) is 0 Å². The molecule has 2 N–H and O–H groups in total. The van der Waals surface area contributed by atoms with Crippen LogP contribution in [0.5, 0.6) is 0 Å². The van der Waals surface area contributed by atoms with Crippen LogP contribution in [0.4, 0.5) is 0 Å². The van der Waals surface area contributed by atoms with Gasteiger partial charge in [0.2, 0.25) is 0 Å².